The lowest BCUT2D eigenvalue weighted by atomic mass is 9.98. The normalized spacial score (nSPS) is 18.5. The van der Waals surface area contributed by atoms with E-state index in [4.69, 9.17) is 16.3 Å². The van der Waals surface area contributed by atoms with Crippen molar-refractivity contribution in [3.05, 3.63) is 63.1 Å². The summed E-state index contributed by atoms with van der Waals surface area (Å²) in [5, 5.41) is -0.121. The van der Waals surface area contributed by atoms with E-state index in [-0.39, 0.29) is 11.5 Å². The molecule has 0 radical (unpaired) electrons. The zero-order valence-corrected chi connectivity index (χ0v) is 13.8. The van der Waals surface area contributed by atoms with E-state index in [1.165, 1.54) is 11.1 Å². The molecule has 104 valence electrons. The van der Waals surface area contributed by atoms with E-state index >= 15 is 0 Å². The van der Waals surface area contributed by atoms with Crippen molar-refractivity contribution >= 4 is 27.5 Å². The molecule has 1 aliphatic heterocycles. The van der Waals surface area contributed by atoms with Crippen LogP contribution in [0.1, 0.15) is 34.6 Å². The first kappa shape index (κ1) is 14.0. The summed E-state index contributed by atoms with van der Waals surface area (Å²) in [6, 6.07) is 12.5. The molecule has 0 aliphatic carbocycles. The molecule has 0 fully saturated rings. The molecule has 0 N–H and O–H groups in total. The van der Waals surface area contributed by atoms with Gasteiger partial charge in [0.15, 0.2) is 0 Å². The standard InChI is InChI=1S/C17H16BrClO/c1-10-7-14(18)4-5-15(10)17(19)12-3-6-16-13(9-12)8-11(2)20-16/h3-7,9,11,17H,8H2,1-2H3. The Morgan fingerprint density at radius 3 is 2.80 bits per heavy atom. The SMILES string of the molecule is Cc1cc(Br)ccc1C(Cl)c1ccc2c(c1)CC(C)O2. The molecule has 3 rings (SSSR count). The van der Waals surface area contributed by atoms with Gasteiger partial charge in [0.1, 0.15) is 11.9 Å². The number of halogens is 2. The van der Waals surface area contributed by atoms with Gasteiger partial charge in [0.05, 0.1) is 5.38 Å². The van der Waals surface area contributed by atoms with E-state index in [1.54, 1.807) is 0 Å². The largest absolute Gasteiger partial charge is 0.490 e. The zero-order chi connectivity index (χ0) is 14.3. The van der Waals surface area contributed by atoms with Crippen molar-refractivity contribution in [2.75, 3.05) is 0 Å². The van der Waals surface area contributed by atoms with Crippen LogP contribution in [0.25, 0.3) is 0 Å². The van der Waals surface area contributed by atoms with Crippen LogP contribution >= 0.6 is 27.5 Å². The van der Waals surface area contributed by atoms with Gasteiger partial charge in [-0.1, -0.05) is 34.1 Å². The Kier molecular flexibility index (Phi) is 3.78. The second kappa shape index (κ2) is 5.42. The van der Waals surface area contributed by atoms with Crippen LogP contribution in [0.15, 0.2) is 40.9 Å². The molecular weight excluding hydrogens is 336 g/mol. The Balaban J connectivity index is 1.95. The molecule has 1 heterocycles. The lowest BCUT2D eigenvalue weighted by Gasteiger charge is -2.14. The summed E-state index contributed by atoms with van der Waals surface area (Å²) in [5.74, 6) is 0.998. The summed E-state index contributed by atoms with van der Waals surface area (Å²) >= 11 is 10.2. The highest BCUT2D eigenvalue weighted by atomic mass is 79.9. The molecule has 20 heavy (non-hydrogen) atoms. The van der Waals surface area contributed by atoms with Gasteiger partial charge in [0.2, 0.25) is 0 Å². The Morgan fingerprint density at radius 2 is 2.05 bits per heavy atom. The van der Waals surface area contributed by atoms with E-state index in [2.05, 4.69) is 54.0 Å². The Hall–Kier alpha value is -0.990. The average Bonchev–Trinajstić information content (AvgIpc) is 2.77. The summed E-state index contributed by atoms with van der Waals surface area (Å²) < 4.78 is 6.82. The minimum Gasteiger partial charge on any atom is -0.490 e. The van der Waals surface area contributed by atoms with Crippen molar-refractivity contribution in [3.63, 3.8) is 0 Å². The fourth-order valence-electron chi connectivity index (χ4n) is 2.70. The van der Waals surface area contributed by atoms with E-state index in [0.29, 0.717) is 0 Å². The van der Waals surface area contributed by atoms with Crippen LogP contribution in [0.3, 0.4) is 0 Å². The Labute approximate surface area is 133 Å². The maximum Gasteiger partial charge on any atom is 0.123 e. The molecule has 3 heteroatoms. The average molecular weight is 352 g/mol. The van der Waals surface area contributed by atoms with Gasteiger partial charge in [-0.3, -0.25) is 0 Å². The van der Waals surface area contributed by atoms with Crippen LogP contribution in [0.4, 0.5) is 0 Å². The number of rotatable bonds is 2. The van der Waals surface area contributed by atoms with E-state index in [1.807, 2.05) is 12.1 Å². The van der Waals surface area contributed by atoms with Gasteiger partial charge in [-0.05, 0) is 54.3 Å². The second-order valence-electron chi connectivity index (χ2n) is 5.36. The number of alkyl halides is 1. The van der Waals surface area contributed by atoms with E-state index in [0.717, 1.165) is 27.8 Å². The number of fused-ring (bicyclic) bond motifs is 1. The molecule has 2 atom stereocenters. The van der Waals surface area contributed by atoms with Gasteiger partial charge in [0, 0.05) is 10.9 Å². The zero-order valence-electron chi connectivity index (χ0n) is 11.5. The number of ether oxygens (including phenoxy) is 1. The summed E-state index contributed by atoms with van der Waals surface area (Å²) in [4.78, 5) is 0. The molecule has 2 aromatic carbocycles. The van der Waals surface area contributed by atoms with Gasteiger partial charge in [0.25, 0.3) is 0 Å². The van der Waals surface area contributed by atoms with Gasteiger partial charge < -0.3 is 4.74 Å². The highest BCUT2D eigenvalue weighted by Gasteiger charge is 2.21. The number of benzene rings is 2. The molecule has 0 bridgehead atoms. The van der Waals surface area contributed by atoms with Crippen molar-refractivity contribution in [2.24, 2.45) is 0 Å². The third-order valence-electron chi connectivity index (χ3n) is 3.72. The Bertz CT molecular complexity index is 653. The molecule has 0 saturated heterocycles. The van der Waals surface area contributed by atoms with Crippen molar-refractivity contribution in [3.8, 4) is 5.75 Å². The van der Waals surface area contributed by atoms with E-state index in [9.17, 15) is 0 Å². The minimum absolute atomic E-state index is 0.121. The quantitative estimate of drug-likeness (QED) is 0.657. The monoisotopic (exact) mass is 350 g/mol. The maximum atomic E-state index is 6.67. The van der Waals surface area contributed by atoms with Gasteiger partial charge in [-0.25, -0.2) is 0 Å². The molecule has 0 spiro atoms. The molecule has 1 nitrogen and oxygen atoms in total. The van der Waals surface area contributed by atoms with Crippen molar-refractivity contribution in [2.45, 2.75) is 31.7 Å². The summed E-state index contributed by atoms with van der Waals surface area (Å²) in [6.07, 6.45) is 1.23. The first-order chi connectivity index (χ1) is 9.54. The molecule has 2 unspecified atom stereocenters. The number of hydrogen-bond donors (Lipinski definition) is 0. The van der Waals surface area contributed by atoms with Crippen LogP contribution in [0.5, 0.6) is 5.75 Å². The second-order valence-corrected chi connectivity index (χ2v) is 6.72. The third kappa shape index (κ3) is 2.59. The fourth-order valence-corrected chi connectivity index (χ4v) is 3.56. The first-order valence-corrected chi connectivity index (χ1v) is 7.97. The molecular formula is C17H16BrClO. The van der Waals surface area contributed by atoms with E-state index < -0.39 is 0 Å². The van der Waals surface area contributed by atoms with Crippen LogP contribution in [-0.2, 0) is 6.42 Å². The predicted molar refractivity (Wildman–Crippen MR) is 86.8 cm³/mol. The highest BCUT2D eigenvalue weighted by Crippen LogP contribution is 2.36. The van der Waals surface area contributed by atoms with Crippen molar-refractivity contribution < 1.29 is 4.74 Å². The topological polar surface area (TPSA) is 9.23 Å². The van der Waals surface area contributed by atoms with Crippen molar-refractivity contribution in [1.29, 1.82) is 0 Å². The molecule has 0 saturated carbocycles. The lowest BCUT2D eigenvalue weighted by molar-refractivity contribution is 0.254. The fraction of sp³-hybridized carbons (Fsp3) is 0.294. The maximum absolute atomic E-state index is 6.67. The van der Waals surface area contributed by atoms with Crippen LogP contribution < -0.4 is 4.74 Å². The minimum atomic E-state index is -0.121. The smallest absolute Gasteiger partial charge is 0.123 e. The van der Waals surface area contributed by atoms with Gasteiger partial charge in [-0.2, -0.15) is 0 Å². The van der Waals surface area contributed by atoms with Crippen LogP contribution in [0.2, 0.25) is 0 Å². The summed E-state index contributed by atoms with van der Waals surface area (Å²) in [7, 11) is 0. The molecule has 1 aliphatic rings. The molecule has 2 aromatic rings. The lowest BCUT2D eigenvalue weighted by Crippen LogP contribution is -2.05. The summed E-state index contributed by atoms with van der Waals surface area (Å²) in [6.45, 7) is 4.19. The number of aryl methyl sites for hydroxylation is 1. The van der Waals surface area contributed by atoms with Crippen LogP contribution in [-0.4, -0.2) is 6.10 Å². The predicted octanol–water partition coefficient (Wildman–Crippen LogP) is 5.41. The summed E-state index contributed by atoms with van der Waals surface area (Å²) in [5.41, 5.74) is 4.75. The van der Waals surface area contributed by atoms with Gasteiger partial charge in [-0.15, -0.1) is 11.6 Å². The number of hydrogen-bond acceptors (Lipinski definition) is 1. The third-order valence-corrected chi connectivity index (χ3v) is 4.70. The van der Waals surface area contributed by atoms with Gasteiger partial charge >= 0.3 is 0 Å². The highest BCUT2D eigenvalue weighted by molar-refractivity contribution is 9.10. The molecule has 0 amide bonds. The van der Waals surface area contributed by atoms with Crippen molar-refractivity contribution in [1.82, 2.24) is 0 Å². The first-order valence-electron chi connectivity index (χ1n) is 6.74. The molecule has 0 aromatic heterocycles. The van der Waals surface area contributed by atoms with Crippen LogP contribution in [0, 0.1) is 6.92 Å². The Morgan fingerprint density at radius 1 is 1.25 bits per heavy atom.